The van der Waals surface area contributed by atoms with E-state index >= 15 is 0 Å². The molecule has 0 aliphatic heterocycles. The molecule has 208 valence electrons. The van der Waals surface area contributed by atoms with Gasteiger partial charge in [-0.25, -0.2) is 4.79 Å². The SMILES string of the molecule is CCCOC(=O)c1cc(CCCCS(=O)(=O)O)c(OCCCS(=O)(=O)O)c(OCCCS(=O)(=O)O)c1. The number of aryl methyl sites for hydroxylation is 1. The first-order chi connectivity index (χ1) is 16.6. The van der Waals surface area contributed by atoms with E-state index in [2.05, 4.69) is 0 Å². The largest absolute Gasteiger partial charge is 0.490 e. The smallest absolute Gasteiger partial charge is 0.338 e. The summed E-state index contributed by atoms with van der Waals surface area (Å²) >= 11 is 0. The molecule has 0 aromatic heterocycles. The van der Waals surface area contributed by atoms with Crippen LogP contribution < -0.4 is 9.47 Å². The zero-order valence-corrected chi connectivity index (χ0v) is 22.2. The highest BCUT2D eigenvalue weighted by Gasteiger charge is 2.19. The Balaban J connectivity index is 3.24. The molecule has 1 aromatic carbocycles. The number of hydrogen-bond donors (Lipinski definition) is 3. The Morgan fingerprint density at radius 2 is 1.28 bits per heavy atom. The number of benzene rings is 1. The molecule has 0 heterocycles. The van der Waals surface area contributed by atoms with Gasteiger partial charge in [-0.2, -0.15) is 25.3 Å². The molecule has 0 amide bonds. The zero-order valence-electron chi connectivity index (χ0n) is 19.8. The van der Waals surface area contributed by atoms with Gasteiger partial charge in [-0.05, 0) is 56.2 Å². The second-order valence-corrected chi connectivity index (χ2v) is 12.5. The average Bonchev–Trinajstić information content (AvgIpc) is 2.74. The Hall–Kier alpha value is -1.98. The Morgan fingerprint density at radius 3 is 1.81 bits per heavy atom. The number of hydrogen-bond acceptors (Lipinski definition) is 10. The monoisotopic (exact) mass is 576 g/mol. The molecule has 0 saturated heterocycles. The molecule has 0 saturated carbocycles. The van der Waals surface area contributed by atoms with Gasteiger partial charge < -0.3 is 14.2 Å². The molecule has 0 atom stereocenters. The van der Waals surface area contributed by atoms with E-state index in [0.717, 1.165) is 0 Å². The summed E-state index contributed by atoms with van der Waals surface area (Å²) in [4.78, 5) is 12.5. The van der Waals surface area contributed by atoms with Gasteiger partial charge in [0.2, 0.25) is 0 Å². The van der Waals surface area contributed by atoms with Crippen molar-refractivity contribution in [2.45, 2.75) is 45.4 Å². The van der Waals surface area contributed by atoms with Crippen molar-refractivity contribution in [3.8, 4) is 11.5 Å². The summed E-state index contributed by atoms with van der Waals surface area (Å²) in [5, 5.41) is 0. The van der Waals surface area contributed by atoms with Gasteiger partial charge in [0.1, 0.15) is 0 Å². The molecule has 0 spiro atoms. The summed E-state index contributed by atoms with van der Waals surface area (Å²) in [6, 6.07) is 2.76. The first-order valence-corrected chi connectivity index (χ1v) is 15.9. The van der Waals surface area contributed by atoms with Crippen LogP contribution in [-0.2, 0) is 41.5 Å². The lowest BCUT2D eigenvalue weighted by molar-refractivity contribution is 0.0504. The fourth-order valence-corrected chi connectivity index (χ4v) is 4.49. The molecule has 0 bridgehead atoms. The second kappa shape index (κ2) is 14.7. The summed E-state index contributed by atoms with van der Waals surface area (Å²) in [5.74, 6) is -2.16. The van der Waals surface area contributed by atoms with Crippen LogP contribution in [0.5, 0.6) is 11.5 Å². The second-order valence-electron chi connectivity index (χ2n) is 7.82. The standard InChI is InChI=1S/C20H32O13S3/c1-2-8-33-20(21)17-14-16(7-3-4-11-34(22,23)24)19(32-10-6-13-36(28,29)30)18(15-17)31-9-5-12-35(25,26)27/h14-15H,2-13H2,1H3,(H,22,23,24)(H,25,26,27)(H,28,29,30). The van der Waals surface area contributed by atoms with Crippen molar-refractivity contribution in [1.29, 1.82) is 0 Å². The maximum absolute atomic E-state index is 12.5. The van der Waals surface area contributed by atoms with Gasteiger partial charge in [-0.3, -0.25) is 13.7 Å². The molecule has 16 heteroatoms. The van der Waals surface area contributed by atoms with Crippen LogP contribution in [0, 0.1) is 0 Å². The third-order valence-corrected chi connectivity index (χ3v) is 6.91. The lowest BCUT2D eigenvalue weighted by atomic mass is 10.0. The van der Waals surface area contributed by atoms with Gasteiger partial charge in [0, 0.05) is 0 Å². The molecule has 1 aromatic rings. The van der Waals surface area contributed by atoms with Gasteiger partial charge in [0.25, 0.3) is 30.4 Å². The molecule has 13 nitrogen and oxygen atoms in total. The van der Waals surface area contributed by atoms with E-state index in [1.165, 1.54) is 12.1 Å². The highest BCUT2D eigenvalue weighted by atomic mass is 32.2. The molecule has 0 aliphatic carbocycles. The summed E-state index contributed by atoms with van der Waals surface area (Å²) in [5.41, 5.74) is 0.483. The number of carbonyl (C=O) groups excluding carboxylic acids is 1. The van der Waals surface area contributed by atoms with Gasteiger partial charge in [0.15, 0.2) is 11.5 Å². The third kappa shape index (κ3) is 14.5. The molecular formula is C20H32O13S3. The van der Waals surface area contributed by atoms with Crippen molar-refractivity contribution in [1.82, 2.24) is 0 Å². The van der Waals surface area contributed by atoms with Crippen molar-refractivity contribution in [3.63, 3.8) is 0 Å². The highest BCUT2D eigenvalue weighted by Crippen LogP contribution is 2.35. The summed E-state index contributed by atoms with van der Waals surface area (Å²) in [7, 11) is -12.6. The summed E-state index contributed by atoms with van der Waals surface area (Å²) < 4.78 is 109. The predicted molar refractivity (Wildman–Crippen MR) is 129 cm³/mol. The minimum atomic E-state index is -4.22. The van der Waals surface area contributed by atoms with Crippen LogP contribution in [0.3, 0.4) is 0 Å². The van der Waals surface area contributed by atoms with Crippen molar-refractivity contribution in [2.75, 3.05) is 37.1 Å². The lowest BCUT2D eigenvalue weighted by Crippen LogP contribution is -2.13. The Kier molecular flexibility index (Phi) is 13.1. The Bertz CT molecular complexity index is 1110. The van der Waals surface area contributed by atoms with E-state index < -0.39 is 53.6 Å². The number of ether oxygens (including phenoxy) is 3. The molecule has 0 radical (unpaired) electrons. The van der Waals surface area contributed by atoms with Crippen molar-refractivity contribution < 1.29 is 57.9 Å². The molecule has 0 unspecified atom stereocenters. The van der Waals surface area contributed by atoms with Crippen LogP contribution in [0.25, 0.3) is 0 Å². The molecule has 3 N–H and O–H groups in total. The van der Waals surface area contributed by atoms with E-state index in [1.54, 1.807) is 6.92 Å². The fourth-order valence-electron chi connectivity index (χ4n) is 2.95. The fraction of sp³-hybridized carbons (Fsp3) is 0.650. The maximum Gasteiger partial charge on any atom is 0.338 e. The van der Waals surface area contributed by atoms with Gasteiger partial charge in [-0.15, -0.1) is 0 Å². The first-order valence-electron chi connectivity index (χ1n) is 11.1. The van der Waals surface area contributed by atoms with Crippen molar-refractivity contribution in [3.05, 3.63) is 23.3 Å². The number of rotatable bonds is 18. The van der Waals surface area contributed by atoms with Crippen molar-refractivity contribution in [2.24, 2.45) is 0 Å². The van der Waals surface area contributed by atoms with Gasteiger partial charge in [0.05, 0.1) is 42.6 Å². The average molecular weight is 577 g/mol. The summed E-state index contributed by atoms with van der Waals surface area (Å²) in [6.07, 6.45) is 0.938. The zero-order chi connectivity index (χ0) is 27.4. The molecular weight excluding hydrogens is 544 g/mol. The number of esters is 1. The number of unbranched alkanes of at least 4 members (excludes halogenated alkanes) is 1. The van der Waals surface area contributed by atoms with Crippen LogP contribution in [-0.4, -0.2) is 82.0 Å². The van der Waals surface area contributed by atoms with E-state index in [-0.39, 0.29) is 69.0 Å². The van der Waals surface area contributed by atoms with Crippen molar-refractivity contribution >= 4 is 36.3 Å². The van der Waals surface area contributed by atoms with E-state index in [0.29, 0.717) is 12.0 Å². The van der Waals surface area contributed by atoms with Crippen LogP contribution >= 0.6 is 0 Å². The molecule has 0 fully saturated rings. The lowest BCUT2D eigenvalue weighted by Gasteiger charge is -2.18. The topological polar surface area (TPSA) is 208 Å². The van der Waals surface area contributed by atoms with Gasteiger partial charge >= 0.3 is 5.97 Å². The predicted octanol–water partition coefficient (Wildman–Crippen LogP) is 1.78. The minimum Gasteiger partial charge on any atom is -0.490 e. The highest BCUT2D eigenvalue weighted by molar-refractivity contribution is 7.86. The third-order valence-electron chi connectivity index (χ3n) is 4.50. The van der Waals surface area contributed by atoms with Crippen LogP contribution in [0.1, 0.15) is 54.9 Å². The van der Waals surface area contributed by atoms with Crippen LogP contribution in [0.4, 0.5) is 0 Å². The molecule has 0 aliphatic rings. The van der Waals surface area contributed by atoms with Crippen LogP contribution in [0.15, 0.2) is 12.1 Å². The molecule has 36 heavy (non-hydrogen) atoms. The quantitative estimate of drug-likeness (QED) is 0.129. The Morgan fingerprint density at radius 1 is 0.750 bits per heavy atom. The minimum absolute atomic E-state index is 0.0212. The summed E-state index contributed by atoms with van der Waals surface area (Å²) in [6.45, 7) is 1.61. The van der Waals surface area contributed by atoms with E-state index in [4.69, 9.17) is 27.9 Å². The first kappa shape index (κ1) is 32.0. The van der Waals surface area contributed by atoms with E-state index in [1.807, 2.05) is 0 Å². The molecule has 1 rings (SSSR count). The maximum atomic E-state index is 12.5. The van der Waals surface area contributed by atoms with Gasteiger partial charge in [-0.1, -0.05) is 6.92 Å². The van der Waals surface area contributed by atoms with Crippen LogP contribution in [0.2, 0.25) is 0 Å². The Labute approximate surface area is 211 Å². The van der Waals surface area contributed by atoms with E-state index in [9.17, 15) is 30.0 Å². The normalized spacial score (nSPS) is 12.3. The number of carbonyl (C=O) groups is 1.